The number of anilines is 2. The number of imidazole rings is 1. The first kappa shape index (κ1) is 9.97. The second-order valence-electron chi connectivity index (χ2n) is 3.37. The fourth-order valence-electron chi connectivity index (χ4n) is 1.32. The molecule has 0 aliphatic carbocycles. The third kappa shape index (κ3) is 2.69. The average Bonchev–Trinajstić information content (AvgIpc) is 2.77. The van der Waals surface area contributed by atoms with Crippen LogP contribution >= 0.6 is 11.3 Å². The molecule has 1 atom stereocenters. The molecule has 0 aromatic carbocycles. The van der Waals surface area contributed by atoms with E-state index in [9.17, 15) is 0 Å². The van der Waals surface area contributed by atoms with Gasteiger partial charge in [-0.2, -0.15) is 0 Å². The predicted octanol–water partition coefficient (Wildman–Crippen LogP) is 1.42. The third-order valence-corrected chi connectivity index (χ3v) is 2.70. The summed E-state index contributed by atoms with van der Waals surface area (Å²) in [5.41, 5.74) is 5.59. The summed E-state index contributed by atoms with van der Waals surface area (Å²) in [4.78, 5) is 8.13. The first-order chi connectivity index (χ1) is 7.24. The summed E-state index contributed by atoms with van der Waals surface area (Å²) in [5.74, 6) is 0. The molecule has 5 nitrogen and oxygen atoms in total. The Hall–Kier alpha value is -1.56. The summed E-state index contributed by atoms with van der Waals surface area (Å²) in [6.45, 7) is 2.96. The largest absolute Gasteiger partial charge is 0.389 e. The normalized spacial score (nSPS) is 12.6. The van der Waals surface area contributed by atoms with E-state index in [1.807, 2.05) is 10.8 Å². The van der Waals surface area contributed by atoms with Crippen LogP contribution in [-0.2, 0) is 6.54 Å². The van der Waals surface area contributed by atoms with Gasteiger partial charge in [0.05, 0.1) is 12.5 Å². The predicted molar refractivity (Wildman–Crippen MR) is 61.8 cm³/mol. The standard InChI is InChI=1S/C9H13N5S/c1-7(5-14-3-2-11-6-14)13-9-12-4-8(10)15-9/h2-4,6-7H,5,10H2,1H3,(H,12,13). The van der Waals surface area contributed by atoms with Crippen LogP contribution in [0.15, 0.2) is 24.9 Å². The number of nitrogens with zero attached hydrogens (tertiary/aromatic N) is 3. The van der Waals surface area contributed by atoms with Gasteiger partial charge in [0.15, 0.2) is 5.13 Å². The zero-order valence-electron chi connectivity index (χ0n) is 8.42. The van der Waals surface area contributed by atoms with Crippen LogP contribution in [0, 0.1) is 0 Å². The van der Waals surface area contributed by atoms with Gasteiger partial charge in [0.25, 0.3) is 0 Å². The molecule has 2 aromatic heterocycles. The maximum atomic E-state index is 5.59. The highest BCUT2D eigenvalue weighted by Gasteiger charge is 2.05. The molecular formula is C9H13N5S. The summed E-state index contributed by atoms with van der Waals surface area (Å²) in [6.07, 6.45) is 7.17. The van der Waals surface area contributed by atoms with Crippen LogP contribution in [0.1, 0.15) is 6.92 Å². The molecule has 3 N–H and O–H groups in total. The number of thiazole rings is 1. The van der Waals surface area contributed by atoms with E-state index < -0.39 is 0 Å². The van der Waals surface area contributed by atoms with E-state index in [4.69, 9.17) is 5.73 Å². The van der Waals surface area contributed by atoms with Gasteiger partial charge in [0.1, 0.15) is 5.00 Å². The molecule has 15 heavy (non-hydrogen) atoms. The number of hydrogen-bond donors (Lipinski definition) is 2. The van der Waals surface area contributed by atoms with Crippen LogP contribution in [0.5, 0.6) is 0 Å². The summed E-state index contributed by atoms with van der Waals surface area (Å²) in [7, 11) is 0. The summed E-state index contributed by atoms with van der Waals surface area (Å²) in [5, 5.41) is 4.87. The molecule has 0 spiro atoms. The second kappa shape index (κ2) is 4.31. The van der Waals surface area contributed by atoms with Crippen molar-refractivity contribution in [3.8, 4) is 0 Å². The van der Waals surface area contributed by atoms with E-state index in [1.165, 1.54) is 11.3 Å². The summed E-state index contributed by atoms with van der Waals surface area (Å²) < 4.78 is 2.02. The number of hydrogen-bond acceptors (Lipinski definition) is 5. The van der Waals surface area contributed by atoms with Gasteiger partial charge in [0.2, 0.25) is 0 Å². The van der Waals surface area contributed by atoms with Crippen LogP contribution in [0.2, 0.25) is 0 Å². The van der Waals surface area contributed by atoms with Crippen molar-refractivity contribution in [3.05, 3.63) is 24.9 Å². The molecule has 0 saturated heterocycles. The Morgan fingerprint density at radius 2 is 2.53 bits per heavy atom. The summed E-state index contributed by atoms with van der Waals surface area (Å²) in [6, 6.07) is 0.296. The zero-order valence-corrected chi connectivity index (χ0v) is 9.24. The van der Waals surface area contributed by atoms with E-state index in [1.54, 1.807) is 18.7 Å². The molecule has 80 valence electrons. The average molecular weight is 223 g/mol. The van der Waals surface area contributed by atoms with E-state index >= 15 is 0 Å². The van der Waals surface area contributed by atoms with Crippen molar-refractivity contribution in [2.75, 3.05) is 11.1 Å². The molecule has 2 heterocycles. The highest BCUT2D eigenvalue weighted by molar-refractivity contribution is 7.19. The van der Waals surface area contributed by atoms with Crippen molar-refractivity contribution < 1.29 is 0 Å². The molecule has 1 unspecified atom stereocenters. The molecule has 0 aliphatic heterocycles. The fourth-order valence-corrected chi connectivity index (χ4v) is 2.01. The van der Waals surface area contributed by atoms with Crippen LogP contribution in [0.25, 0.3) is 0 Å². The minimum absolute atomic E-state index is 0.296. The molecule has 0 radical (unpaired) electrons. The van der Waals surface area contributed by atoms with Crippen molar-refractivity contribution in [1.29, 1.82) is 0 Å². The second-order valence-corrected chi connectivity index (χ2v) is 4.43. The lowest BCUT2D eigenvalue weighted by molar-refractivity contribution is 0.618. The number of nitrogens with one attached hydrogen (secondary N) is 1. The fraction of sp³-hybridized carbons (Fsp3) is 0.333. The van der Waals surface area contributed by atoms with Crippen LogP contribution in [0.3, 0.4) is 0 Å². The number of nitrogen functional groups attached to an aromatic ring is 1. The summed E-state index contributed by atoms with van der Waals surface area (Å²) >= 11 is 1.46. The molecule has 2 aromatic rings. The van der Waals surface area contributed by atoms with Crippen molar-refractivity contribution in [2.45, 2.75) is 19.5 Å². The number of aromatic nitrogens is 3. The minimum atomic E-state index is 0.296. The van der Waals surface area contributed by atoms with Crippen molar-refractivity contribution in [2.24, 2.45) is 0 Å². The van der Waals surface area contributed by atoms with Crippen molar-refractivity contribution in [1.82, 2.24) is 14.5 Å². The molecule has 0 fully saturated rings. The molecule has 0 bridgehead atoms. The van der Waals surface area contributed by atoms with Crippen molar-refractivity contribution in [3.63, 3.8) is 0 Å². The van der Waals surface area contributed by atoms with E-state index in [0.29, 0.717) is 6.04 Å². The lowest BCUT2D eigenvalue weighted by Crippen LogP contribution is -2.21. The quantitative estimate of drug-likeness (QED) is 0.822. The molecule has 6 heteroatoms. The van der Waals surface area contributed by atoms with Gasteiger partial charge in [-0.1, -0.05) is 11.3 Å². The van der Waals surface area contributed by atoms with E-state index in [0.717, 1.165) is 16.7 Å². The van der Waals surface area contributed by atoms with Crippen LogP contribution in [-0.4, -0.2) is 20.6 Å². The number of rotatable bonds is 4. The topological polar surface area (TPSA) is 68.8 Å². The SMILES string of the molecule is CC(Cn1ccnc1)Nc1ncc(N)s1. The van der Waals surface area contributed by atoms with Gasteiger partial charge in [-0.3, -0.25) is 0 Å². The molecule has 0 saturated carbocycles. The zero-order chi connectivity index (χ0) is 10.7. The Morgan fingerprint density at radius 3 is 3.13 bits per heavy atom. The third-order valence-electron chi connectivity index (χ3n) is 1.94. The van der Waals surface area contributed by atoms with Gasteiger partial charge in [-0.25, -0.2) is 9.97 Å². The molecule has 0 aliphatic rings. The molecule has 0 amide bonds. The van der Waals surface area contributed by atoms with E-state index in [-0.39, 0.29) is 0 Å². The number of nitrogens with two attached hydrogens (primary N) is 1. The maximum Gasteiger partial charge on any atom is 0.184 e. The first-order valence-electron chi connectivity index (χ1n) is 4.67. The van der Waals surface area contributed by atoms with Gasteiger partial charge < -0.3 is 15.6 Å². The van der Waals surface area contributed by atoms with Crippen LogP contribution < -0.4 is 11.1 Å². The van der Waals surface area contributed by atoms with Gasteiger partial charge >= 0.3 is 0 Å². The monoisotopic (exact) mass is 223 g/mol. The van der Waals surface area contributed by atoms with Gasteiger partial charge in [-0.05, 0) is 6.92 Å². The van der Waals surface area contributed by atoms with Gasteiger partial charge in [-0.15, -0.1) is 0 Å². The van der Waals surface area contributed by atoms with Crippen LogP contribution in [0.4, 0.5) is 10.1 Å². The minimum Gasteiger partial charge on any atom is -0.389 e. The highest BCUT2D eigenvalue weighted by Crippen LogP contribution is 2.20. The van der Waals surface area contributed by atoms with Gasteiger partial charge in [0, 0.05) is 25.0 Å². The highest BCUT2D eigenvalue weighted by atomic mass is 32.1. The smallest absolute Gasteiger partial charge is 0.184 e. The Labute approximate surface area is 92.0 Å². The molecule has 2 rings (SSSR count). The van der Waals surface area contributed by atoms with E-state index in [2.05, 4.69) is 22.2 Å². The molecular weight excluding hydrogens is 210 g/mol. The Balaban J connectivity index is 1.90. The first-order valence-corrected chi connectivity index (χ1v) is 5.49. The lowest BCUT2D eigenvalue weighted by atomic mass is 10.3. The van der Waals surface area contributed by atoms with Crippen molar-refractivity contribution >= 4 is 21.5 Å². The Kier molecular flexibility index (Phi) is 2.86. The Morgan fingerprint density at radius 1 is 1.67 bits per heavy atom. The maximum absolute atomic E-state index is 5.59. The Bertz CT molecular complexity index is 408. The lowest BCUT2D eigenvalue weighted by Gasteiger charge is -2.12.